The van der Waals surface area contributed by atoms with Gasteiger partial charge in [0.15, 0.2) is 0 Å². The fraction of sp³-hybridized carbons (Fsp3) is 0.600. The van der Waals surface area contributed by atoms with Crippen molar-refractivity contribution in [1.82, 2.24) is 4.90 Å². The van der Waals surface area contributed by atoms with Crippen LogP contribution in [0.15, 0.2) is 24.3 Å². The van der Waals surface area contributed by atoms with Gasteiger partial charge in [-0.05, 0) is 36.6 Å². The minimum Gasteiger partial charge on any atom is -0.491 e. The van der Waals surface area contributed by atoms with Crippen LogP contribution in [0.1, 0.15) is 18.9 Å². The van der Waals surface area contributed by atoms with Crippen LogP contribution in [0.3, 0.4) is 0 Å². The predicted octanol–water partition coefficient (Wildman–Crippen LogP) is 1.23. The van der Waals surface area contributed by atoms with E-state index >= 15 is 0 Å². The molecule has 1 aliphatic rings. The highest BCUT2D eigenvalue weighted by molar-refractivity contribution is 5.28. The first kappa shape index (κ1) is 14.3. The van der Waals surface area contributed by atoms with Gasteiger partial charge in [-0.3, -0.25) is 0 Å². The van der Waals surface area contributed by atoms with Crippen molar-refractivity contribution in [2.45, 2.75) is 26.0 Å². The van der Waals surface area contributed by atoms with Gasteiger partial charge >= 0.3 is 0 Å². The van der Waals surface area contributed by atoms with Crippen molar-refractivity contribution in [1.29, 1.82) is 0 Å². The van der Waals surface area contributed by atoms with Gasteiger partial charge in [0.25, 0.3) is 0 Å². The number of hydrogen-bond acceptors (Lipinski definition) is 4. The second-order valence-electron chi connectivity index (χ2n) is 5.47. The zero-order valence-electron chi connectivity index (χ0n) is 11.6. The molecule has 0 saturated carbocycles. The first-order valence-electron chi connectivity index (χ1n) is 6.99. The summed E-state index contributed by atoms with van der Waals surface area (Å²) >= 11 is 0. The van der Waals surface area contributed by atoms with Crippen molar-refractivity contribution in [3.8, 4) is 5.75 Å². The first-order valence-corrected chi connectivity index (χ1v) is 6.99. The lowest BCUT2D eigenvalue weighted by molar-refractivity contribution is 0.0749. The number of nitrogens with two attached hydrogens (primary N) is 1. The van der Waals surface area contributed by atoms with E-state index in [2.05, 4.69) is 11.8 Å². The molecule has 2 atom stereocenters. The highest BCUT2D eigenvalue weighted by Crippen LogP contribution is 2.16. The average molecular weight is 264 g/mol. The fourth-order valence-electron chi connectivity index (χ4n) is 2.50. The molecule has 0 spiro atoms. The summed E-state index contributed by atoms with van der Waals surface area (Å²) in [6.07, 6.45) is 0.790. The van der Waals surface area contributed by atoms with Crippen molar-refractivity contribution >= 4 is 0 Å². The summed E-state index contributed by atoms with van der Waals surface area (Å²) < 4.78 is 5.62. The number of likely N-dealkylation sites (tertiary alicyclic amines) is 1. The summed E-state index contributed by atoms with van der Waals surface area (Å²) in [4.78, 5) is 2.30. The monoisotopic (exact) mass is 264 g/mol. The molecule has 0 aromatic heterocycles. The van der Waals surface area contributed by atoms with Crippen LogP contribution in [0.4, 0.5) is 0 Å². The van der Waals surface area contributed by atoms with Crippen LogP contribution in [0.2, 0.25) is 0 Å². The SMILES string of the molecule is CC1CCN(CC(O)COc2cccc(CN)c2)C1. The van der Waals surface area contributed by atoms with E-state index in [9.17, 15) is 5.11 Å². The number of benzene rings is 1. The van der Waals surface area contributed by atoms with Gasteiger partial charge in [0.05, 0.1) is 0 Å². The van der Waals surface area contributed by atoms with Gasteiger partial charge in [0.1, 0.15) is 18.5 Å². The molecule has 0 radical (unpaired) electrons. The molecule has 0 amide bonds. The van der Waals surface area contributed by atoms with Crippen molar-refractivity contribution in [3.63, 3.8) is 0 Å². The Labute approximate surface area is 115 Å². The van der Waals surface area contributed by atoms with Crippen LogP contribution < -0.4 is 10.5 Å². The van der Waals surface area contributed by atoms with Crippen LogP contribution in [0, 0.1) is 5.92 Å². The molecule has 106 valence electrons. The highest BCUT2D eigenvalue weighted by atomic mass is 16.5. The Kier molecular flexibility index (Phi) is 5.19. The number of ether oxygens (including phenoxy) is 1. The molecule has 0 aliphatic carbocycles. The van der Waals surface area contributed by atoms with Gasteiger partial charge in [-0.1, -0.05) is 19.1 Å². The lowest BCUT2D eigenvalue weighted by Crippen LogP contribution is -2.34. The minimum atomic E-state index is -0.438. The number of nitrogens with zero attached hydrogens (tertiary/aromatic N) is 1. The number of aliphatic hydroxyl groups excluding tert-OH is 1. The number of aliphatic hydroxyl groups is 1. The summed E-state index contributed by atoms with van der Waals surface area (Å²) in [5.74, 6) is 1.52. The van der Waals surface area contributed by atoms with Crippen molar-refractivity contribution in [2.24, 2.45) is 11.7 Å². The Morgan fingerprint density at radius 2 is 2.37 bits per heavy atom. The largest absolute Gasteiger partial charge is 0.491 e. The molecule has 2 rings (SSSR count). The number of β-amino-alcohol motifs (C(OH)–C–C–N with tert-alkyl or cyclic N) is 1. The average Bonchev–Trinajstić information content (AvgIpc) is 2.82. The molecule has 1 aliphatic heterocycles. The predicted molar refractivity (Wildman–Crippen MR) is 76.1 cm³/mol. The molecule has 19 heavy (non-hydrogen) atoms. The normalized spacial score (nSPS) is 21.5. The van der Waals surface area contributed by atoms with E-state index in [1.807, 2.05) is 24.3 Å². The molecular weight excluding hydrogens is 240 g/mol. The van der Waals surface area contributed by atoms with E-state index in [1.165, 1.54) is 6.42 Å². The number of hydrogen-bond donors (Lipinski definition) is 2. The smallest absolute Gasteiger partial charge is 0.119 e. The Morgan fingerprint density at radius 3 is 3.05 bits per heavy atom. The summed E-state index contributed by atoms with van der Waals surface area (Å²) in [7, 11) is 0. The van der Waals surface area contributed by atoms with Crippen molar-refractivity contribution < 1.29 is 9.84 Å². The Balaban J connectivity index is 1.74. The third-order valence-corrected chi connectivity index (χ3v) is 3.55. The van der Waals surface area contributed by atoms with Gasteiger partial charge in [-0.25, -0.2) is 0 Å². The summed E-state index contributed by atoms with van der Waals surface area (Å²) in [6.45, 7) is 5.95. The third-order valence-electron chi connectivity index (χ3n) is 3.55. The lowest BCUT2D eigenvalue weighted by Gasteiger charge is -2.20. The maximum Gasteiger partial charge on any atom is 0.119 e. The van der Waals surface area contributed by atoms with E-state index in [-0.39, 0.29) is 0 Å². The highest BCUT2D eigenvalue weighted by Gasteiger charge is 2.21. The second kappa shape index (κ2) is 6.89. The fourth-order valence-corrected chi connectivity index (χ4v) is 2.50. The molecule has 3 N–H and O–H groups in total. The van der Waals surface area contributed by atoms with Crippen LogP contribution >= 0.6 is 0 Å². The van der Waals surface area contributed by atoms with Crippen LogP contribution in [0.5, 0.6) is 5.75 Å². The molecule has 2 unspecified atom stereocenters. The zero-order chi connectivity index (χ0) is 13.7. The molecule has 0 bridgehead atoms. The molecule has 4 heteroatoms. The Bertz CT molecular complexity index is 397. The van der Waals surface area contributed by atoms with E-state index in [1.54, 1.807) is 0 Å². The summed E-state index contributed by atoms with van der Waals surface area (Å²) in [5.41, 5.74) is 6.63. The van der Waals surface area contributed by atoms with Gasteiger partial charge in [-0.2, -0.15) is 0 Å². The zero-order valence-corrected chi connectivity index (χ0v) is 11.6. The molecule has 1 fully saturated rings. The lowest BCUT2D eigenvalue weighted by atomic mass is 10.2. The van der Waals surface area contributed by atoms with E-state index < -0.39 is 6.10 Å². The first-order chi connectivity index (χ1) is 9.17. The molecule has 1 saturated heterocycles. The van der Waals surface area contributed by atoms with Crippen molar-refractivity contribution in [3.05, 3.63) is 29.8 Å². The molecule has 1 aromatic rings. The second-order valence-corrected chi connectivity index (χ2v) is 5.47. The standard InChI is InChI=1S/C15H24N2O2/c1-12-5-6-17(9-12)10-14(18)11-19-15-4-2-3-13(7-15)8-16/h2-4,7,12,14,18H,5-6,8-11,16H2,1H3. The van der Waals surface area contributed by atoms with Gasteiger partial charge < -0.3 is 20.5 Å². The minimum absolute atomic E-state index is 0.332. The molecule has 1 aromatic carbocycles. The molecule has 4 nitrogen and oxygen atoms in total. The van der Waals surface area contributed by atoms with Gasteiger partial charge in [0, 0.05) is 19.6 Å². The Morgan fingerprint density at radius 1 is 1.53 bits per heavy atom. The topological polar surface area (TPSA) is 58.7 Å². The van der Waals surface area contributed by atoms with E-state index in [4.69, 9.17) is 10.5 Å². The van der Waals surface area contributed by atoms with Crippen molar-refractivity contribution in [2.75, 3.05) is 26.2 Å². The van der Waals surface area contributed by atoms with Gasteiger partial charge in [-0.15, -0.1) is 0 Å². The third kappa shape index (κ3) is 4.49. The van der Waals surface area contributed by atoms with Crippen LogP contribution in [-0.4, -0.2) is 42.4 Å². The Hall–Kier alpha value is -1.10. The maximum absolute atomic E-state index is 9.99. The van der Waals surface area contributed by atoms with E-state index in [0.717, 1.165) is 30.3 Å². The van der Waals surface area contributed by atoms with Gasteiger partial charge in [0.2, 0.25) is 0 Å². The van der Waals surface area contributed by atoms with E-state index in [0.29, 0.717) is 19.7 Å². The number of rotatable bonds is 6. The quantitative estimate of drug-likeness (QED) is 0.811. The maximum atomic E-state index is 9.99. The summed E-state index contributed by atoms with van der Waals surface area (Å²) in [6, 6.07) is 7.70. The molecule has 1 heterocycles. The van der Waals surface area contributed by atoms with Crippen LogP contribution in [0.25, 0.3) is 0 Å². The molecular formula is C15H24N2O2. The van der Waals surface area contributed by atoms with Crippen LogP contribution in [-0.2, 0) is 6.54 Å². The summed E-state index contributed by atoms with van der Waals surface area (Å²) in [5, 5.41) is 9.99.